The van der Waals surface area contributed by atoms with E-state index in [0.29, 0.717) is 17.5 Å². The van der Waals surface area contributed by atoms with Gasteiger partial charge >= 0.3 is 0 Å². The van der Waals surface area contributed by atoms with Crippen LogP contribution in [0.15, 0.2) is 212 Å². The summed E-state index contributed by atoms with van der Waals surface area (Å²) in [4.78, 5) is 15.9. The van der Waals surface area contributed by atoms with E-state index in [4.69, 9.17) is 15.0 Å². The number of benzene rings is 10. The molecule has 3 heteroatoms. The molecule has 1 heterocycles. The van der Waals surface area contributed by atoms with Crippen LogP contribution in [0.4, 0.5) is 0 Å². The van der Waals surface area contributed by atoms with Crippen LogP contribution in [0, 0.1) is 0 Å². The minimum atomic E-state index is -0.232. The van der Waals surface area contributed by atoms with Crippen molar-refractivity contribution >= 4 is 32.3 Å². The van der Waals surface area contributed by atoms with Gasteiger partial charge in [0.1, 0.15) is 0 Å². The zero-order valence-electron chi connectivity index (χ0n) is 35.0. The molecule has 10 aromatic carbocycles. The van der Waals surface area contributed by atoms with E-state index in [2.05, 4.69) is 220 Å². The molecule has 11 aromatic rings. The summed E-state index contributed by atoms with van der Waals surface area (Å²) in [6.45, 7) is 4.62. The van der Waals surface area contributed by atoms with E-state index in [1.54, 1.807) is 0 Å². The maximum atomic E-state index is 5.32. The summed E-state index contributed by atoms with van der Waals surface area (Å²) in [5, 5.41) is 7.58. The van der Waals surface area contributed by atoms with Gasteiger partial charge in [-0.1, -0.05) is 220 Å². The Morgan fingerprint density at radius 2 is 0.841 bits per heavy atom. The molecule has 0 atom stereocenters. The molecular formula is C60H41N3. The first-order valence-electron chi connectivity index (χ1n) is 21.7. The predicted molar refractivity (Wildman–Crippen MR) is 263 cm³/mol. The van der Waals surface area contributed by atoms with Crippen molar-refractivity contribution in [1.29, 1.82) is 0 Å². The Morgan fingerprint density at radius 3 is 1.60 bits per heavy atom. The first kappa shape index (κ1) is 36.8. The fourth-order valence-corrected chi connectivity index (χ4v) is 10.1. The van der Waals surface area contributed by atoms with Crippen molar-refractivity contribution in [3.8, 4) is 78.7 Å². The number of hydrogen-bond acceptors (Lipinski definition) is 3. The fourth-order valence-electron chi connectivity index (χ4n) is 10.1. The minimum absolute atomic E-state index is 0.232. The number of nitrogens with zero attached hydrogens (tertiary/aromatic N) is 3. The Morgan fingerprint density at radius 1 is 0.302 bits per heavy atom. The van der Waals surface area contributed by atoms with Crippen molar-refractivity contribution in [2.75, 3.05) is 0 Å². The Bertz CT molecular complexity index is 3570. The molecule has 296 valence electrons. The number of hydrogen-bond donors (Lipinski definition) is 0. The second-order valence-electron chi connectivity index (χ2n) is 17.1. The third-order valence-electron chi connectivity index (χ3n) is 13.1. The molecule has 0 fully saturated rings. The monoisotopic (exact) mass is 803 g/mol. The Kier molecular flexibility index (Phi) is 8.52. The molecule has 0 bridgehead atoms. The summed E-state index contributed by atoms with van der Waals surface area (Å²) in [7, 11) is 0. The fraction of sp³-hybridized carbons (Fsp3) is 0.0500. The number of aromatic nitrogens is 3. The van der Waals surface area contributed by atoms with Gasteiger partial charge in [-0.2, -0.15) is 0 Å². The van der Waals surface area contributed by atoms with E-state index < -0.39 is 0 Å². The molecule has 0 saturated heterocycles. The van der Waals surface area contributed by atoms with Gasteiger partial charge in [0.2, 0.25) is 0 Å². The lowest BCUT2D eigenvalue weighted by atomic mass is 9.80. The standard InChI is InChI=1S/C60H41N3/c1-60(2)54-26-13-12-22-48(54)50-24-14-25-52(56(50)60)59-62-57(61-58(63-59)51-23-11-10-19-45(51)40-15-4-3-5-16-40)43-33-29-39(30-34-43)38-27-31-42(32-28-38)55-47-21-9-7-18-44(47)37-53-46-20-8-6-17-41(46)35-36-49(53)55/h3-37H,1-2H3. The lowest BCUT2D eigenvalue weighted by Gasteiger charge is -2.24. The molecule has 0 N–H and O–H groups in total. The summed E-state index contributed by atoms with van der Waals surface area (Å²) in [6.07, 6.45) is 0. The van der Waals surface area contributed by atoms with Gasteiger partial charge in [-0.3, -0.25) is 0 Å². The third kappa shape index (κ3) is 6.07. The molecule has 0 saturated carbocycles. The van der Waals surface area contributed by atoms with Crippen molar-refractivity contribution in [3.63, 3.8) is 0 Å². The summed E-state index contributed by atoms with van der Waals surface area (Å²) >= 11 is 0. The van der Waals surface area contributed by atoms with Crippen LogP contribution in [0.5, 0.6) is 0 Å². The highest BCUT2D eigenvalue weighted by Gasteiger charge is 2.38. The molecule has 0 aliphatic heterocycles. The van der Waals surface area contributed by atoms with Gasteiger partial charge in [-0.25, -0.2) is 15.0 Å². The van der Waals surface area contributed by atoms with Crippen molar-refractivity contribution in [1.82, 2.24) is 15.0 Å². The van der Waals surface area contributed by atoms with E-state index in [-0.39, 0.29) is 5.41 Å². The summed E-state index contributed by atoms with van der Waals surface area (Å²) < 4.78 is 0. The van der Waals surface area contributed by atoms with Crippen molar-refractivity contribution in [2.24, 2.45) is 0 Å². The van der Waals surface area contributed by atoms with Crippen LogP contribution in [0.2, 0.25) is 0 Å². The van der Waals surface area contributed by atoms with Gasteiger partial charge in [0.05, 0.1) is 0 Å². The second-order valence-corrected chi connectivity index (χ2v) is 17.1. The van der Waals surface area contributed by atoms with Gasteiger partial charge in [0.25, 0.3) is 0 Å². The van der Waals surface area contributed by atoms with Crippen LogP contribution in [-0.4, -0.2) is 15.0 Å². The number of rotatable bonds is 6. The van der Waals surface area contributed by atoms with Crippen LogP contribution < -0.4 is 0 Å². The zero-order chi connectivity index (χ0) is 42.1. The highest BCUT2D eigenvalue weighted by atomic mass is 15.0. The maximum absolute atomic E-state index is 5.32. The highest BCUT2D eigenvalue weighted by molar-refractivity contribution is 6.20. The first-order valence-corrected chi connectivity index (χ1v) is 21.7. The second kappa shape index (κ2) is 14.6. The Labute approximate surface area is 367 Å². The summed E-state index contributed by atoms with van der Waals surface area (Å²) in [5.41, 5.74) is 14.7. The van der Waals surface area contributed by atoms with E-state index in [1.165, 1.54) is 65.7 Å². The molecule has 63 heavy (non-hydrogen) atoms. The molecule has 3 nitrogen and oxygen atoms in total. The van der Waals surface area contributed by atoms with Crippen LogP contribution in [0.3, 0.4) is 0 Å². The first-order chi connectivity index (χ1) is 31.0. The van der Waals surface area contributed by atoms with Crippen molar-refractivity contribution in [3.05, 3.63) is 223 Å². The van der Waals surface area contributed by atoms with Crippen LogP contribution in [-0.2, 0) is 5.41 Å². The van der Waals surface area contributed by atoms with E-state index >= 15 is 0 Å². The highest BCUT2D eigenvalue weighted by Crippen LogP contribution is 2.52. The van der Waals surface area contributed by atoms with Crippen LogP contribution in [0.25, 0.3) is 111 Å². The van der Waals surface area contributed by atoms with Crippen molar-refractivity contribution in [2.45, 2.75) is 19.3 Å². The summed E-state index contributed by atoms with van der Waals surface area (Å²) in [6, 6.07) is 76.2. The quantitative estimate of drug-likeness (QED) is 0.124. The molecule has 12 rings (SSSR count). The minimum Gasteiger partial charge on any atom is -0.208 e. The van der Waals surface area contributed by atoms with Crippen LogP contribution >= 0.6 is 0 Å². The zero-order valence-corrected chi connectivity index (χ0v) is 35.0. The number of fused-ring (bicyclic) bond motifs is 7. The lowest BCUT2D eigenvalue weighted by Crippen LogP contribution is -2.17. The Hall–Kier alpha value is -8.01. The average Bonchev–Trinajstić information content (AvgIpc) is 3.59. The molecule has 1 aliphatic carbocycles. The SMILES string of the molecule is CC1(C)c2ccccc2-c2cccc(-c3nc(-c4ccc(-c5ccc(-c6c7ccccc7cc7c6ccc6ccccc67)cc5)cc4)nc(-c4ccccc4-c4ccccc4)n3)c21. The Balaban J connectivity index is 0.960. The molecule has 0 radical (unpaired) electrons. The van der Waals surface area contributed by atoms with Gasteiger partial charge in [-0.15, -0.1) is 0 Å². The van der Waals surface area contributed by atoms with Gasteiger partial charge in [0, 0.05) is 22.1 Å². The normalized spacial score (nSPS) is 12.7. The van der Waals surface area contributed by atoms with Gasteiger partial charge in [0.15, 0.2) is 17.5 Å². The molecule has 0 unspecified atom stereocenters. The molecular weight excluding hydrogens is 763 g/mol. The van der Waals surface area contributed by atoms with Crippen molar-refractivity contribution < 1.29 is 0 Å². The van der Waals surface area contributed by atoms with Gasteiger partial charge in [-0.05, 0) is 94.0 Å². The van der Waals surface area contributed by atoms with E-state index in [1.807, 2.05) is 6.07 Å². The van der Waals surface area contributed by atoms with E-state index in [9.17, 15) is 0 Å². The molecule has 1 aliphatic rings. The lowest BCUT2D eigenvalue weighted by molar-refractivity contribution is 0.661. The topological polar surface area (TPSA) is 38.7 Å². The third-order valence-corrected chi connectivity index (χ3v) is 13.1. The molecule has 0 spiro atoms. The maximum Gasteiger partial charge on any atom is 0.164 e. The summed E-state index contributed by atoms with van der Waals surface area (Å²) in [5.74, 6) is 1.96. The molecule has 1 aromatic heterocycles. The predicted octanol–water partition coefficient (Wildman–Crippen LogP) is 15.6. The molecule has 0 amide bonds. The van der Waals surface area contributed by atoms with Gasteiger partial charge < -0.3 is 0 Å². The smallest absolute Gasteiger partial charge is 0.164 e. The largest absolute Gasteiger partial charge is 0.208 e. The van der Waals surface area contributed by atoms with Crippen LogP contribution in [0.1, 0.15) is 25.0 Å². The van der Waals surface area contributed by atoms with E-state index in [0.717, 1.165) is 38.9 Å². The average molecular weight is 804 g/mol.